The topological polar surface area (TPSA) is 20.3 Å². The van der Waals surface area contributed by atoms with E-state index in [4.69, 9.17) is 11.6 Å². The molecule has 0 aliphatic heterocycles. The molecule has 1 radical (unpaired) electrons. The Hall–Kier alpha value is -0.240. The van der Waals surface area contributed by atoms with Crippen molar-refractivity contribution < 1.29 is 4.79 Å². The summed E-state index contributed by atoms with van der Waals surface area (Å²) < 4.78 is 0. The summed E-state index contributed by atoms with van der Waals surface area (Å²) in [4.78, 5) is 10.9. The van der Waals surface area contributed by atoms with Crippen molar-refractivity contribution in [2.24, 2.45) is 0 Å². The van der Waals surface area contributed by atoms with Crippen LogP contribution in [-0.4, -0.2) is 23.9 Å². The van der Waals surface area contributed by atoms with Crippen molar-refractivity contribution in [1.82, 2.24) is 4.90 Å². The van der Waals surface area contributed by atoms with E-state index >= 15 is 0 Å². The molecule has 0 saturated carbocycles. The molecule has 7 heavy (non-hydrogen) atoms. The summed E-state index contributed by atoms with van der Waals surface area (Å²) in [5.41, 5.74) is -0.252. The summed E-state index contributed by atoms with van der Waals surface area (Å²) in [6, 6.07) is 0. The van der Waals surface area contributed by atoms with Gasteiger partial charge in [-0.15, -0.1) is 0 Å². The molecule has 0 fully saturated rings. The van der Waals surface area contributed by atoms with Crippen LogP contribution < -0.4 is 0 Å². The highest BCUT2D eigenvalue weighted by atomic mass is 35.5. The maximum atomic E-state index is 9.66. The lowest BCUT2D eigenvalue weighted by Crippen LogP contribution is -2.21. The minimum Gasteiger partial charge on any atom is -0.321 e. The Labute approximate surface area is 48.1 Å². The number of carbonyl (C=O) groups excluding carboxylic acids is 1. The zero-order chi connectivity index (χ0) is 5.86. The predicted molar refractivity (Wildman–Crippen MR) is 28.8 cm³/mol. The van der Waals surface area contributed by atoms with Crippen molar-refractivity contribution in [3.63, 3.8) is 0 Å². The Bertz CT molecular complexity index is 64.7. The van der Waals surface area contributed by atoms with Crippen LogP contribution in [0.25, 0.3) is 0 Å². The van der Waals surface area contributed by atoms with Crippen molar-refractivity contribution in [3.05, 3.63) is 0 Å². The fourth-order valence-corrected chi connectivity index (χ4v) is 0.112. The highest BCUT2D eigenvalue weighted by Crippen LogP contribution is 1.94. The molecule has 0 saturated heterocycles. The lowest BCUT2D eigenvalue weighted by molar-refractivity contribution is 0.426. The molecule has 0 heterocycles. The number of nitrogens with zero attached hydrogens (tertiary/aromatic N) is 1. The number of amides is 1. The number of hydrogen-bond donors (Lipinski definition) is 0. The van der Waals surface area contributed by atoms with Crippen molar-refractivity contribution in [1.29, 1.82) is 0 Å². The first kappa shape index (κ1) is 6.76. The van der Waals surface area contributed by atoms with Gasteiger partial charge in [0.2, 0.25) is 0 Å². The third-order valence-corrected chi connectivity index (χ3v) is 0.970. The third kappa shape index (κ3) is 2.45. The zero-order valence-electron chi connectivity index (χ0n) is 4.31. The highest BCUT2D eigenvalue weighted by molar-refractivity contribution is 6.20. The zero-order valence-corrected chi connectivity index (χ0v) is 5.07. The van der Waals surface area contributed by atoms with Gasteiger partial charge in [0.25, 0.3) is 0 Å². The van der Waals surface area contributed by atoms with Gasteiger partial charge < -0.3 is 4.90 Å². The van der Waals surface area contributed by atoms with Gasteiger partial charge in [-0.05, 0) is 6.92 Å². The lowest BCUT2D eigenvalue weighted by Gasteiger charge is -2.09. The van der Waals surface area contributed by atoms with Crippen LogP contribution in [0.1, 0.15) is 6.92 Å². The Morgan fingerprint density at radius 2 is 2.29 bits per heavy atom. The molecule has 0 aliphatic carbocycles. The molecule has 0 aromatic carbocycles. The van der Waals surface area contributed by atoms with Crippen LogP contribution in [0.4, 0.5) is 0 Å². The van der Waals surface area contributed by atoms with Crippen molar-refractivity contribution >= 4 is 18.0 Å². The molecular formula is C4H7ClNO. The van der Waals surface area contributed by atoms with Gasteiger partial charge in [0.1, 0.15) is 5.50 Å². The van der Waals surface area contributed by atoms with Gasteiger partial charge in [0, 0.05) is 7.05 Å². The number of alkyl halides is 1. The molecule has 0 aromatic heterocycles. The SMILES string of the molecule is CC(Cl)N(C)[C]=O. The maximum Gasteiger partial charge on any atom is 0.313 e. The molecule has 2 nitrogen and oxygen atoms in total. The molecule has 0 aliphatic rings. The van der Waals surface area contributed by atoms with Gasteiger partial charge in [0.15, 0.2) is 0 Å². The predicted octanol–water partition coefficient (Wildman–Crippen LogP) is 0.570. The van der Waals surface area contributed by atoms with Crippen molar-refractivity contribution in [2.45, 2.75) is 12.4 Å². The normalized spacial score (nSPS) is 13.0. The van der Waals surface area contributed by atoms with Crippen LogP contribution in [0.2, 0.25) is 0 Å². The Balaban J connectivity index is 3.33. The van der Waals surface area contributed by atoms with E-state index in [1.807, 2.05) is 0 Å². The van der Waals surface area contributed by atoms with Gasteiger partial charge in [-0.2, -0.15) is 0 Å². The molecular weight excluding hydrogens is 114 g/mol. The van der Waals surface area contributed by atoms with Crippen LogP contribution in [0.5, 0.6) is 0 Å². The average molecular weight is 121 g/mol. The Morgan fingerprint density at radius 3 is 2.29 bits per heavy atom. The monoisotopic (exact) mass is 120 g/mol. The summed E-state index contributed by atoms with van der Waals surface area (Å²) in [5.74, 6) is 0. The smallest absolute Gasteiger partial charge is 0.313 e. The highest BCUT2D eigenvalue weighted by Gasteiger charge is 1.99. The first-order chi connectivity index (χ1) is 3.18. The van der Waals surface area contributed by atoms with Crippen LogP contribution in [0.3, 0.4) is 0 Å². The number of hydrogen-bond acceptors (Lipinski definition) is 1. The molecule has 0 aromatic rings. The molecule has 0 bridgehead atoms. The largest absolute Gasteiger partial charge is 0.321 e. The van der Waals surface area contributed by atoms with E-state index in [1.165, 1.54) is 4.90 Å². The van der Waals surface area contributed by atoms with Gasteiger partial charge in [0.05, 0.1) is 0 Å². The minimum atomic E-state index is -0.252. The molecule has 41 valence electrons. The molecule has 1 atom stereocenters. The first-order valence-electron chi connectivity index (χ1n) is 1.93. The lowest BCUT2D eigenvalue weighted by atomic mass is 10.7. The van der Waals surface area contributed by atoms with Crippen LogP contribution in [-0.2, 0) is 4.79 Å². The molecule has 1 amide bonds. The van der Waals surface area contributed by atoms with E-state index in [0.29, 0.717) is 0 Å². The van der Waals surface area contributed by atoms with Crippen LogP contribution in [0.15, 0.2) is 0 Å². The second-order valence-electron chi connectivity index (χ2n) is 1.28. The maximum absolute atomic E-state index is 9.66. The summed E-state index contributed by atoms with van der Waals surface area (Å²) in [7, 11) is 1.57. The van der Waals surface area contributed by atoms with E-state index < -0.39 is 0 Å². The molecule has 0 rings (SSSR count). The molecule has 0 N–H and O–H groups in total. The van der Waals surface area contributed by atoms with Crippen molar-refractivity contribution in [3.8, 4) is 0 Å². The molecule has 3 heteroatoms. The van der Waals surface area contributed by atoms with E-state index in [1.54, 1.807) is 20.4 Å². The summed E-state index contributed by atoms with van der Waals surface area (Å²) >= 11 is 5.39. The number of halogens is 1. The van der Waals surface area contributed by atoms with Gasteiger partial charge >= 0.3 is 6.41 Å². The summed E-state index contributed by atoms with van der Waals surface area (Å²) in [6.45, 7) is 1.70. The summed E-state index contributed by atoms with van der Waals surface area (Å²) in [6.07, 6.45) is 1.62. The van der Waals surface area contributed by atoms with Gasteiger partial charge in [-0.25, -0.2) is 0 Å². The second kappa shape index (κ2) is 2.86. The average Bonchev–Trinajstić information content (AvgIpc) is 1.65. The molecule has 1 unspecified atom stereocenters. The van der Waals surface area contributed by atoms with Crippen molar-refractivity contribution in [2.75, 3.05) is 7.05 Å². The Kier molecular flexibility index (Phi) is 2.76. The molecule has 0 spiro atoms. The Morgan fingerprint density at radius 1 is 1.86 bits per heavy atom. The standard InChI is InChI=1S/C4H7ClNO/c1-4(5)6(2)3-7/h4H,1-2H3. The fraction of sp³-hybridized carbons (Fsp3) is 0.750. The second-order valence-corrected chi connectivity index (χ2v) is 1.91. The quantitative estimate of drug-likeness (QED) is 0.296. The number of rotatable bonds is 2. The van der Waals surface area contributed by atoms with E-state index in [-0.39, 0.29) is 5.50 Å². The van der Waals surface area contributed by atoms with Crippen LogP contribution >= 0.6 is 11.6 Å². The van der Waals surface area contributed by atoms with Gasteiger partial charge in [-0.3, -0.25) is 4.79 Å². The van der Waals surface area contributed by atoms with E-state index in [2.05, 4.69) is 0 Å². The van der Waals surface area contributed by atoms with Crippen LogP contribution in [0, 0.1) is 0 Å². The third-order valence-electron chi connectivity index (χ3n) is 0.678. The first-order valence-corrected chi connectivity index (χ1v) is 2.37. The minimum absolute atomic E-state index is 0.252. The van der Waals surface area contributed by atoms with Gasteiger partial charge in [-0.1, -0.05) is 11.6 Å². The fourth-order valence-electron chi connectivity index (χ4n) is 0.0726. The van der Waals surface area contributed by atoms with E-state index in [9.17, 15) is 4.79 Å². The summed E-state index contributed by atoms with van der Waals surface area (Å²) in [5, 5.41) is 0. The van der Waals surface area contributed by atoms with E-state index in [0.717, 1.165) is 0 Å².